The van der Waals surface area contributed by atoms with E-state index < -0.39 is 11.6 Å². The van der Waals surface area contributed by atoms with Gasteiger partial charge in [0.2, 0.25) is 11.6 Å². The first-order valence-corrected chi connectivity index (χ1v) is 10.2. The van der Waals surface area contributed by atoms with Crippen LogP contribution >= 0.6 is 11.8 Å². The first-order valence-electron chi connectivity index (χ1n) is 9.23. The predicted octanol–water partition coefficient (Wildman–Crippen LogP) is 3.67. The summed E-state index contributed by atoms with van der Waals surface area (Å²) in [6.45, 7) is 1.82. The number of hydrogen-bond donors (Lipinski definition) is 1. The van der Waals surface area contributed by atoms with Crippen LogP contribution in [-0.2, 0) is 9.53 Å². The zero-order valence-corrected chi connectivity index (χ0v) is 15.6. The fourth-order valence-corrected chi connectivity index (χ4v) is 5.26. The number of rotatable bonds is 1. The minimum absolute atomic E-state index is 0.255. The van der Waals surface area contributed by atoms with E-state index in [0.717, 1.165) is 48.4 Å². The zero-order valence-electron chi connectivity index (χ0n) is 14.8. The summed E-state index contributed by atoms with van der Waals surface area (Å²) >= 11 is 1.49. The number of nitrogens with one attached hydrogen (secondary N) is 1. The van der Waals surface area contributed by atoms with Crippen molar-refractivity contribution in [1.82, 2.24) is 5.32 Å². The van der Waals surface area contributed by atoms with E-state index in [1.807, 2.05) is 42.5 Å². The molecule has 0 aromatic heterocycles. The molecule has 5 heteroatoms. The minimum Gasteiger partial charge on any atom is -0.484 e. The van der Waals surface area contributed by atoms with Crippen LogP contribution in [0.3, 0.4) is 0 Å². The molecule has 0 atom stereocenters. The molecule has 0 amide bonds. The van der Waals surface area contributed by atoms with Crippen molar-refractivity contribution in [2.24, 2.45) is 0 Å². The normalized spacial score (nSPS) is 20.9. The van der Waals surface area contributed by atoms with Crippen LogP contribution in [-0.4, -0.2) is 36.0 Å². The molecule has 1 aliphatic carbocycles. The van der Waals surface area contributed by atoms with Gasteiger partial charge in [-0.05, 0) is 36.3 Å². The molecule has 4 nitrogen and oxygen atoms in total. The Hall–Kier alpha value is -2.37. The van der Waals surface area contributed by atoms with Crippen molar-refractivity contribution in [2.45, 2.75) is 18.4 Å². The molecular formula is C22H19NO3S. The van der Waals surface area contributed by atoms with Crippen LogP contribution in [0.2, 0.25) is 0 Å². The molecule has 1 spiro atoms. The van der Waals surface area contributed by atoms with Gasteiger partial charge in [-0.1, -0.05) is 36.4 Å². The molecule has 0 unspecified atom stereocenters. The van der Waals surface area contributed by atoms with Crippen molar-refractivity contribution in [3.05, 3.63) is 64.6 Å². The minimum atomic E-state index is -0.432. The monoisotopic (exact) mass is 377 g/mol. The molecular weight excluding hydrogens is 358 g/mol. The highest BCUT2D eigenvalue weighted by molar-refractivity contribution is 8.04. The van der Waals surface area contributed by atoms with Gasteiger partial charge in [-0.3, -0.25) is 9.59 Å². The lowest BCUT2D eigenvalue weighted by Gasteiger charge is -2.43. The van der Waals surface area contributed by atoms with Crippen LogP contribution in [0.4, 0.5) is 0 Å². The summed E-state index contributed by atoms with van der Waals surface area (Å²) < 4.78 is 6.50. The first kappa shape index (κ1) is 16.8. The lowest BCUT2D eigenvalue weighted by Crippen LogP contribution is -2.48. The third-order valence-electron chi connectivity index (χ3n) is 5.55. The molecule has 0 radical (unpaired) electrons. The summed E-state index contributed by atoms with van der Waals surface area (Å²) in [5.74, 6) is 0.463. The number of hydrogen-bond acceptors (Lipinski definition) is 5. The topological polar surface area (TPSA) is 55.4 Å². The number of benzene rings is 2. The van der Waals surface area contributed by atoms with E-state index in [4.69, 9.17) is 4.74 Å². The van der Waals surface area contributed by atoms with Crippen LogP contribution in [0.15, 0.2) is 53.4 Å². The van der Waals surface area contributed by atoms with Gasteiger partial charge < -0.3 is 10.1 Å². The van der Waals surface area contributed by atoms with Crippen molar-refractivity contribution in [3.8, 4) is 11.1 Å². The van der Waals surface area contributed by atoms with Crippen molar-refractivity contribution in [2.75, 3.05) is 18.8 Å². The maximum absolute atomic E-state index is 12.6. The zero-order chi connectivity index (χ0) is 18.4. The number of piperidine rings is 1. The van der Waals surface area contributed by atoms with Crippen molar-refractivity contribution >= 4 is 29.1 Å². The van der Waals surface area contributed by atoms with Gasteiger partial charge in [0.25, 0.3) is 0 Å². The Kier molecular flexibility index (Phi) is 3.95. The molecule has 0 bridgehead atoms. The molecule has 2 aromatic carbocycles. The maximum Gasteiger partial charge on any atom is 0.243 e. The average Bonchev–Trinajstić information content (AvgIpc) is 2.73. The van der Waals surface area contributed by atoms with Crippen LogP contribution in [0, 0.1) is 0 Å². The van der Waals surface area contributed by atoms with E-state index in [1.54, 1.807) is 6.07 Å². The molecule has 0 saturated carbocycles. The number of Topliss-reactive ketones (excluding diaryl/α,β-unsaturated/α-hetero) is 2. The predicted molar refractivity (Wildman–Crippen MR) is 107 cm³/mol. The van der Waals surface area contributed by atoms with E-state index in [1.165, 1.54) is 11.8 Å². The number of carbonyl (C=O) groups excluding carboxylic acids is 2. The second-order valence-electron chi connectivity index (χ2n) is 7.27. The molecule has 1 fully saturated rings. The number of ketones is 2. The molecule has 3 aliphatic rings. The van der Waals surface area contributed by atoms with E-state index in [9.17, 15) is 9.59 Å². The highest BCUT2D eigenvalue weighted by Crippen LogP contribution is 2.47. The largest absolute Gasteiger partial charge is 0.484 e. The fraction of sp³-hybridized carbons (Fsp3) is 0.273. The van der Waals surface area contributed by atoms with Gasteiger partial charge in [-0.25, -0.2) is 0 Å². The van der Waals surface area contributed by atoms with Gasteiger partial charge >= 0.3 is 0 Å². The Morgan fingerprint density at radius 2 is 1.67 bits per heavy atom. The van der Waals surface area contributed by atoms with Crippen molar-refractivity contribution in [1.29, 1.82) is 0 Å². The van der Waals surface area contributed by atoms with Crippen LogP contribution < -0.4 is 5.32 Å². The second kappa shape index (κ2) is 6.36. The summed E-state index contributed by atoms with van der Waals surface area (Å²) in [4.78, 5) is 25.7. The van der Waals surface area contributed by atoms with Gasteiger partial charge in [-0.2, -0.15) is 0 Å². The highest BCUT2D eigenvalue weighted by atomic mass is 32.2. The molecule has 1 N–H and O–H groups in total. The molecule has 27 heavy (non-hydrogen) atoms. The van der Waals surface area contributed by atoms with Crippen LogP contribution in [0.25, 0.3) is 16.9 Å². The summed E-state index contributed by atoms with van der Waals surface area (Å²) in [5, 5.41) is 3.37. The lowest BCUT2D eigenvalue weighted by molar-refractivity contribution is -0.111. The number of thioether (sulfide) groups is 1. The maximum atomic E-state index is 12.6. The quantitative estimate of drug-likeness (QED) is 0.769. The van der Waals surface area contributed by atoms with Crippen LogP contribution in [0.5, 0.6) is 0 Å². The molecule has 2 aromatic rings. The summed E-state index contributed by atoms with van der Waals surface area (Å²) in [6, 6.07) is 15.7. The standard InChI is InChI=1S/C22H19NO3S/c24-18-16-7-6-15(14-4-2-1-3-5-14)12-17(16)20-21(19(18)25)27-13-22(26-20)8-10-23-11-9-22/h1-7,12,23H,8-11,13H2. The lowest BCUT2D eigenvalue weighted by atomic mass is 9.88. The van der Waals surface area contributed by atoms with Gasteiger partial charge in [0.15, 0.2) is 0 Å². The van der Waals surface area contributed by atoms with Crippen LogP contribution in [0.1, 0.15) is 28.8 Å². The SMILES string of the molecule is O=C1C(=O)c2ccc(-c3ccccc3)cc2C2=C1SCC1(CCNCC1)O2. The fourth-order valence-electron chi connectivity index (χ4n) is 4.00. The summed E-state index contributed by atoms with van der Waals surface area (Å²) in [5.41, 5.74) is 3.04. The number of carbonyl (C=O) groups is 2. The third kappa shape index (κ3) is 2.73. The Labute approximate surface area is 162 Å². The Bertz CT molecular complexity index is 974. The number of allylic oxidation sites excluding steroid dienone is 1. The molecule has 136 valence electrons. The van der Waals surface area contributed by atoms with Gasteiger partial charge in [0.1, 0.15) is 16.3 Å². The van der Waals surface area contributed by atoms with Crippen molar-refractivity contribution < 1.29 is 14.3 Å². The average molecular weight is 377 g/mol. The van der Waals surface area contributed by atoms with E-state index in [-0.39, 0.29) is 5.60 Å². The smallest absolute Gasteiger partial charge is 0.243 e. The second-order valence-corrected chi connectivity index (χ2v) is 8.25. The Morgan fingerprint density at radius 3 is 2.44 bits per heavy atom. The highest BCUT2D eigenvalue weighted by Gasteiger charge is 2.45. The van der Waals surface area contributed by atoms with Crippen molar-refractivity contribution in [3.63, 3.8) is 0 Å². The molecule has 2 aliphatic heterocycles. The van der Waals surface area contributed by atoms with E-state index in [2.05, 4.69) is 5.32 Å². The molecule has 5 rings (SSSR count). The van der Waals surface area contributed by atoms with Gasteiger partial charge in [0, 0.05) is 29.7 Å². The van der Waals surface area contributed by atoms with E-state index >= 15 is 0 Å². The van der Waals surface area contributed by atoms with Gasteiger partial charge in [-0.15, -0.1) is 11.8 Å². The van der Waals surface area contributed by atoms with E-state index in [0.29, 0.717) is 16.2 Å². The van der Waals surface area contributed by atoms with Gasteiger partial charge in [0.05, 0.1) is 0 Å². The Balaban J connectivity index is 1.63. The molecule has 1 saturated heterocycles. The summed E-state index contributed by atoms with van der Waals surface area (Å²) in [7, 11) is 0. The number of ether oxygens (including phenoxy) is 1. The first-order chi connectivity index (χ1) is 13.2. The Morgan fingerprint density at radius 1 is 0.889 bits per heavy atom. The number of fused-ring (bicyclic) bond motifs is 2. The third-order valence-corrected chi connectivity index (χ3v) is 6.88. The molecule has 2 heterocycles. The summed E-state index contributed by atoms with van der Waals surface area (Å²) in [6.07, 6.45) is 1.82.